The highest BCUT2D eigenvalue weighted by Gasteiger charge is 2.23. The zero-order valence-corrected chi connectivity index (χ0v) is 21.9. The monoisotopic (exact) mass is 513 g/mol. The summed E-state index contributed by atoms with van der Waals surface area (Å²) in [6.07, 6.45) is 6.37. The number of hydrogen-bond acceptors (Lipinski definition) is 7. The van der Waals surface area contributed by atoms with E-state index < -0.39 is 5.97 Å². The Morgan fingerprint density at radius 2 is 1.66 bits per heavy atom. The second-order valence-electron chi connectivity index (χ2n) is 10.4. The number of aromatic hydroxyl groups is 1. The lowest BCUT2D eigenvalue weighted by molar-refractivity contribution is 0.0527. The number of carbonyl (C=O) groups is 1. The van der Waals surface area contributed by atoms with E-state index in [-0.39, 0.29) is 6.61 Å². The number of carbonyl (C=O) groups excluding carboxylic acids is 1. The molecule has 2 aromatic carbocycles. The lowest BCUT2D eigenvalue weighted by Crippen LogP contribution is -2.21. The van der Waals surface area contributed by atoms with Gasteiger partial charge in [0, 0.05) is 47.0 Å². The van der Waals surface area contributed by atoms with Gasteiger partial charge < -0.3 is 20.1 Å². The fourth-order valence-corrected chi connectivity index (χ4v) is 5.84. The third-order valence-electron chi connectivity index (χ3n) is 7.74. The molecular weight excluding hydrogens is 478 g/mol. The smallest absolute Gasteiger partial charge is 0.341 e. The molecule has 4 aromatic rings. The molecule has 2 aliphatic heterocycles. The highest BCUT2D eigenvalue weighted by molar-refractivity contribution is 6.13. The highest BCUT2D eigenvalue weighted by atomic mass is 16.5. The number of phenolic OH excluding ortho intramolecular Hbond substituents is 1. The number of fused-ring (bicyclic) bond motifs is 3. The molecule has 8 nitrogen and oxygen atoms in total. The van der Waals surface area contributed by atoms with Crippen molar-refractivity contribution in [3.63, 3.8) is 0 Å². The van der Waals surface area contributed by atoms with Crippen LogP contribution in [0.2, 0.25) is 0 Å². The largest absolute Gasteiger partial charge is 0.507 e. The average molecular weight is 514 g/mol. The lowest BCUT2D eigenvalue weighted by atomic mass is 10.0. The van der Waals surface area contributed by atoms with E-state index in [2.05, 4.69) is 25.1 Å². The van der Waals surface area contributed by atoms with Crippen molar-refractivity contribution in [1.82, 2.24) is 19.8 Å². The zero-order valence-electron chi connectivity index (χ0n) is 21.9. The average Bonchev–Trinajstić information content (AvgIpc) is 3.69. The number of nitrogens with zero attached hydrogens (tertiary/aromatic N) is 3. The number of H-pyrrole nitrogens is 1. The summed E-state index contributed by atoms with van der Waals surface area (Å²) in [6.45, 7) is 7.68. The van der Waals surface area contributed by atoms with E-state index in [1.54, 1.807) is 13.1 Å². The summed E-state index contributed by atoms with van der Waals surface area (Å²) in [7, 11) is 0. The lowest BCUT2D eigenvalue weighted by Gasteiger charge is -2.22. The van der Waals surface area contributed by atoms with Gasteiger partial charge in [0.05, 0.1) is 23.3 Å². The van der Waals surface area contributed by atoms with Crippen LogP contribution in [0.4, 0.5) is 11.4 Å². The molecule has 2 aromatic heterocycles. The number of para-hydroxylation sites is 1. The standard InChI is InChI=1S/C30H35N5O3/c1-2-38-30(37)24-17-31-26-23-9-3-4-10-25(23)33-28(26)27(24)32-22-15-20(18-34-11-5-6-12-34)29(36)21(16-22)19-35-13-7-8-14-35/h3-4,9-10,15-17,33,36H,2,5-8,11-14,18-19H2,1H3,(H,31,32). The van der Waals surface area contributed by atoms with Gasteiger partial charge in [-0.05, 0) is 77.0 Å². The Balaban J connectivity index is 1.45. The Labute approximate surface area is 222 Å². The van der Waals surface area contributed by atoms with Crippen LogP contribution in [-0.2, 0) is 17.8 Å². The van der Waals surface area contributed by atoms with Gasteiger partial charge in [-0.2, -0.15) is 0 Å². The second kappa shape index (κ2) is 10.6. The maximum atomic E-state index is 13.0. The first-order valence-corrected chi connectivity index (χ1v) is 13.7. The number of esters is 1. The quantitative estimate of drug-likeness (QED) is 0.211. The van der Waals surface area contributed by atoms with Crippen molar-refractivity contribution in [3.05, 3.63) is 59.3 Å². The van der Waals surface area contributed by atoms with E-state index in [0.29, 0.717) is 30.1 Å². The number of rotatable bonds is 8. The van der Waals surface area contributed by atoms with Crippen molar-refractivity contribution >= 4 is 39.3 Å². The number of phenols is 1. The van der Waals surface area contributed by atoms with E-state index in [0.717, 1.165) is 64.9 Å². The Morgan fingerprint density at radius 1 is 1.03 bits per heavy atom. The summed E-state index contributed by atoms with van der Waals surface area (Å²) in [6, 6.07) is 12.0. The first kappa shape index (κ1) is 24.7. The molecule has 0 radical (unpaired) electrons. The van der Waals surface area contributed by atoms with Gasteiger partial charge in [-0.1, -0.05) is 18.2 Å². The Hall–Kier alpha value is -3.62. The SMILES string of the molecule is CCOC(=O)c1cnc2c([nH]c3ccccc32)c1Nc1cc(CN2CCCC2)c(O)c(CN2CCCC2)c1. The van der Waals surface area contributed by atoms with Crippen molar-refractivity contribution in [3.8, 4) is 5.75 Å². The predicted molar refractivity (Wildman–Crippen MR) is 150 cm³/mol. The fraction of sp³-hybridized carbons (Fsp3) is 0.400. The number of nitrogens with one attached hydrogen (secondary N) is 2. The molecule has 0 bridgehead atoms. The third-order valence-corrected chi connectivity index (χ3v) is 7.74. The summed E-state index contributed by atoms with van der Waals surface area (Å²) >= 11 is 0. The molecule has 0 spiro atoms. The van der Waals surface area contributed by atoms with Crippen molar-refractivity contribution < 1.29 is 14.6 Å². The number of ether oxygens (including phenoxy) is 1. The van der Waals surface area contributed by atoms with Crippen LogP contribution in [0.1, 0.15) is 54.1 Å². The number of hydrogen-bond donors (Lipinski definition) is 3. The van der Waals surface area contributed by atoms with Crippen LogP contribution in [0.5, 0.6) is 5.75 Å². The van der Waals surface area contributed by atoms with Crippen LogP contribution in [0.3, 0.4) is 0 Å². The second-order valence-corrected chi connectivity index (χ2v) is 10.4. The van der Waals surface area contributed by atoms with E-state index in [4.69, 9.17) is 4.74 Å². The summed E-state index contributed by atoms with van der Waals surface area (Å²) in [4.78, 5) is 25.9. The molecule has 2 saturated heterocycles. The van der Waals surface area contributed by atoms with Gasteiger partial charge in [0.2, 0.25) is 0 Å². The molecular formula is C30H35N5O3. The Kier molecular flexibility index (Phi) is 6.91. The van der Waals surface area contributed by atoms with Crippen LogP contribution in [-0.4, -0.2) is 63.6 Å². The number of likely N-dealkylation sites (tertiary alicyclic amines) is 2. The van der Waals surface area contributed by atoms with E-state index in [1.165, 1.54) is 25.7 Å². The zero-order chi connectivity index (χ0) is 26.1. The number of benzene rings is 2. The Bertz CT molecular complexity index is 1430. The highest BCUT2D eigenvalue weighted by Crippen LogP contribution is 2.36. The molecule has 0 saturated carbocycles. The van der Waals surface area contributed by atoms with E-state index >= 15 is 0 Å². The fourth-order valence-electron chi connectivity index (χ4n) is 5.84. The Morgan fingerprint density at radius 3 is 2.29 bits per heavy atom. The van der Waals surface area contributed by atoms with Crippen LogP contribution in [0.25, 0.3) is 21.9 Å². The van der Waals surface area contributed by atoms with Gasteiger partial charge in [-0.3, -0.25) is 14.8 Å². The van der Waals surface area contributed by atoms with Crippen molar-refractivity contribution in [2.45, 2.75) is 45.7 Å². The summed E-state index contributed by atoms with van der Waals surface area (Å²) in [5.74, 6) is -0.0399. The number of anilines is 2. The third kappa shape index (κ3) is 4.81. The summed E-state index contributed by atoms with van der Waals surface area (Å²) < 4.78 is 5.39. The van der Waals surface area contributed by atoms with Crippen LogP contribution in [0, 0.1) is 0 Å². The molecule has 2 aliphatic rings. The molecule has 0 atom stereocenters. The molecule has 3 N–H and O–H groups in total. The first-order chi connectivity index (χ1) is 18.6. The first-order valence-electron chi connectivity index (χ1n) is 13.7. The summed E-state index contributed by atoms with van der Waals surface area (Å²) in [5, 5.41) is 15.9. The van der Waals surface area contributed by atoms with Crippen molar-refractivity contribution in [2.75, 3.05) is 38.1 Å². The summed E-state index contributed by atoms with van der Waals surface area (Å²) in [5.41, 5.74) is 6.17. The number of aromatic nitrogens is 2. The van der Waals surface area contributed by atoms with Crippen LogP contribution in [0.15, 0.2) is 42.6 Å². The topological polar surface area (TPSA) is 93.7 Å². The molecule has 0 amide bonds. The minimum atomic E-state index is -0.420. The minimum Gasteiger partial charge on any atom is -0.507 e. The van der Waals surface area contributed by atoms with Crippen molar-refractivity contribution in [1.29, 1.82) is 0 Å². The molecule has 198 valence electrons. The maximum Gasteiger partial charge on any atom is 0.341 e. The predicted octanol–water partition coefficient (Wildman–Crippen LogP) is 5.53. The molecule has 2 fully saturated rings. The molecule has 6 rings (SSSR count). The van der Waals surface area contributed by atoms with E-state index in [1.807, 2.05) is 36.4 Å². The number of aromatic amines is 1. The van der Waals surface area contributed by atoms with Crippen LogP contribution >= 0.6 is 0 Å². The van der Waals surface area contributed by atoms with Crippen molar-refractivity contribution in [2.24, 2.45) is 0 Å². The van der Waals surface area contributed by atoms with Gasteiger partial charge in [-0.15, -0.1) is 0 Å². The van der Waals surface area contributed by atoms with Gasteiger partial charge >= 0.3 is 5.97 Å². The minimum absolute atomic E-state index is 0.280. The van der Waals surface area contributed by atoms with Gasteiger partial charge in [0.25, 0.3) is 0 Å². The molecule has 4 heterocycles. The van der Waals surface area contributed by atoms with Gasteiger partial charge in [0.1, 0.15) is 11.3 Å². The van der Waals surface area contributed by atoms with Crippen LogP contribution < -0.4 is 5.32 Å². The molecule has 0 aliphatic carbocycles. The molecule has 38 heavy (non-hydrogen) atoms. The van der Waals surface area contributed by atoms with Gasteiger partial charge in [-0.25, -0.2) is 4.79 Å². The molecule has 8 heteroatoms. The molecule has 0 unspecified atom stereocenters. The van der Waals surface area contributed by atoms with Gasteiger partial charge in [0.15, 0.2) is 0 Å². The number of pyridine rings is 1. The normalized spacial score (nSPS) is 16.6. The van der Waals surface area contributed by atoms with E-state index in [9.17, 15) is 9.90 Å². The maximum absolute atomic E-state index is 13.0.